The molecule has 218 valence electrons. The molecule has 8 nitrogen and oxygen atoms in total. The van der Waals surface area contributed by atoms with Crippen LogP contribution < -0.4 is 10.2 Å². The molecule has 0 spiro atoms. The smallest absolute Gasteiger partial charge is 0.416 e. The minimum atomic E-state index is -4.48. The van der Waals surface area contributed by atoms with Crippen LogP contribution in [0.5, 0.6) is 0 Å². The number of rotatable bonds is 8. The molecule has 1 N–H and O–H groups in total. The number of nitrogens with zero attached hydrogens (tertiary/aromatic N) is 2. The van der Waals surface area contributed by atoms with Crippen LogP contribution in [0.2, 0.25) is 0 Å². The molecule has 1 aromatic carbocycles. The molecule has 2 unspecified atom stereocenters. The van der Waals surface area contributed by atoms with Gasteiger partial charge in [-0.15, -0.1) is 0 Å². The van der Waals surface area contributed by atoms with Gasteiger partial charge in [0.1, 0.15) is 11.2 Å². The summed E-state index contributed by atoms with van der Waals surface area (Å²) < 4.78 is 56.3. The Labute approximate surface area is 239 Å². The van der Waals surface area contributed by atoms with Crippen molar-refractivity contribution in [1.29, 1.82) is 0 Å². The average Bonchev–Trinajstić information content (AvgIpc) is 3.13. The highest BCUT2D eigenvalue weighted by atomic mass is 79.9. The monoisotopic (exact) mass is 637 g/mol. The zero-order valence-electron chi connectivity index (χ0n) is 23.2. The highest BCUT2D eigenvalue weighted by Gasteiger charge is 2.34. The molecule has 1 heterocycles. The number of thiazole rings is 1. The maximum atomic E-state index is 13.4. The molecule has 2 amide bonds. The molecule has 2 aromatic rings. The Morgan fingerprint density at radius 1 is 1.05 bits per heavy atom. The van der Waals surface area contributed by atoms with E-state index in [9.17, 15) is 22.8 Å². The van der Waals surface area contributed by atoms with Gasteiger partial charge in [-0.25, -0.2) is 14.6 Å². The summed E-state index contributed by atoms with van der Waals surface area (Å²) in [5, 5.41) is 3.08. The molecule has 39 heavy (non-hydrogen) atoms. The Balaban J connectivity index is 2.50. The van der Waals surface area contributed by atoms with Crippen molar-refractivity contribution in [2.45, 2.75) is 84.4 Å². The summed E-state index contributed by atoms with van der Waals surface area (Å²) in [7, 11) is 1.52. The van der Waals surface area contributed by atoms with Gasteiger partial charge in [-0.05, 0) is 75.2 Å². The normalized spacial score (nSPS) is 13.9. The Bertz CT molecular complexity index is 1130. The number of nitrogens with one attached hydrogen (secondary N) is 1. The van der Waals surface area contributed by atoms with Crippen molar-refractivity contribution in [3.05, 3.63) is 44.9 Å². The van der Waals surface area contributed by atoms with E-state index in [-0.39, 0.29) is 13.2 Å². The second-order valence-corrected chi connectivity index (χ2v) is 13.2. The summed E-state index contributed by atoms with van der Waals surface area (Å²) in [5.41, 5.74) is -1.32. The van der Waals surface area contributed by atoms with Gasteiger partial charge in [0.15, 0.2) is 5.13 Å². The maximum Gasteiger partial charge on any atom is 0.416 e. The number of carbonyl (C=O) groups excluding carboxylic acids is 2. The first-order chi connectivity index (χ1) is 17.8. The van der Waals surface area contributed by atoms with E-state index in [1.54, 1.807) is 48.5 Å². The lowest BCUT2D eigenvalue weighted by atomic mass is 9.92. The third-order valence-corrected chi connectivity index (χ3v) is 7.07. The second kappa shape index (κ2) is 12.9. The second-order valence-electron chi connectivity index (χ2n) is 10.9. The first-order valence-electron chi connectivity index (χ1n) is 12.1. The summed E-state index contributed by atoms with van der Waals surface area (Å²) in [6.07, 6.45) is -5.93. The third kappa shape index (κ3) is 10.3. The first-order valence-corrected chi connectivity index (χ1v) is 13.7. The predicted octanol–water partition coefficient (Wildman–Crippen LogP) is 7.51. The fourth-order valence-electron chi connectivity index (χ4n) is 3.40. The van der Waals surface area contributed by atoms with Crippen molar-refractivity contribution in [3.8, 4) is 0 Å². The number of halogens is 4. The molecule has 0 fully saturated rings. The number of carbonyl (C=O) groups is 2. The minimum absolute atomic E-state index is 0.108. The quantitative estimate of drug-likeness (QED) is 0.322. The zero-order valence-corrected chi connectivity index (χ0v) is 25.6. The average molecular weight is 639 g/mol. The molecule has 0 bridgehead atoms. The molecule has 0 aliphatic heterocycles. The predicted molar refractivity (Wildman–Crippen MR) is 147 cm³/mol. The van der Waals surface area contributed by atoms with Crippen LogP contribution in [0.25, 0.3) is 0 Å². The van der Waals surface area contributed by atoms with Crippen LogP contribution in [-0.2, 0) is 27.0 Å². The van der Waals surface area contributed by atoms with Crippen LogP contribution in [0.1, 0.15) is 71.2 Å². The van der Waals surface area contributed by atoms with E-state index in [0.29, 0.717) is 20.2 Å². The molecule has 2 rings (SSSR count). The van der Waals surface area contributed by atoms with Gasteiger partial charge in [0.2, 0.25) is 0 Å². The Morgan fingerprint density at radius 3 is 2.10 bits per heavy atom. The number of alkyl halides is 3. The standard InChI is InChI=1S/C26H35BrF3N3O5S/c1-15(16-9-11-17(12-10-16)26(28,29)30)18(32-22(34)37-24(2,3)4)13-33(23(35)38-25(5,6)7)21-31-19(14-36-8)20(27)39-21/h9-12,15,18H,13-14H2,1-8H3,(H,32,34). The van der Waals surface area contributed by atoms with Gasteiger partial charge >= 0.3 is 18.4 Å². The van der Waals surface area contributed by atoms with Gasteiger partial charge in [-0.2, -0.15) is 13.2 Å². The molecular formula is C26H35BrF3N3O5S. The Kier molecular flexibility index (Phi) is 10.8. The van der Waals surface area contributed by atoms with Crippen LogP contribution in [-0.4, -0.2) is 48.1 Å². The largest absolute Gasteiger partial charge is 0.444 e. The van der Waals surface area contributed by atoms with Crippen LogP contribution in [0.15, 0.2) is 28.1 Å². The number of hydrogen-bond donors (Lipinski definition) is 1. The Hall–Kier alpha value is -2.38. The molecule has 0 saturated heterocycles. The minimum Gasteiger partial charge on any atom is -0.444 e. The van der Waals surface area contributed by atoms with E-state index < -0.39 is 47.1 Å². The molecule has 13 heteroatoms. The zero-order chi connectivity index (χ0) is 29.8. The molecule has 0 radical (unpaired) electrons. The number of benzene rings is 1. The van der Waals surface area contributed by atoms with Crippen LogP contribution in [0, 0.1) is 0 Å². The van der Waals surface area contributed by atoms with E-state index in [4.69, 9.17) is 14.2 Å². The maximum absolute atomic E-state index is 13.4. The van der Waals surface area contributed by atoms with Crippen molar-refractivity contribution >= 4 is 44.6 Å². The highest BCUT2D eigenvalue weighted by Crippen LogP contribution is 2.34. The summed E-state index contributed by atoms with van der Waals surface area (Å²) in [4.78, 5) is 32.0. The fraction of sp³-hybridized carbons (Fsp3) is 0.577. The van der Waals surface area contributed by atoms with Crippen molar-refractivity contribution in [1.82, 2.24) is 10.3 Å². The molecule has 2 atom stereocenters. The number of hydrogen-bond acceptors (Lipinski definition) is 7. The van der Waals surface area contributed by atoms with Gasteiger partial charge in [0.05, 0.1) is 34.2 Å². The van der Waals surface area contributed by atoms with Gasteiger partial charge in [0.25, 0.3) is 0 Å². The van der Waals surface area contributed by atoms with Crippen molar-refractivity contribution < 1.29 is 37.0 Å². The summed E-state index contributed by atoms with van der Waals surface area (Å²) in [5.74, 6) is -0.536. The molecule has 0 saturated carbocycles. The number of methoxy groups -OCH3 is 1. The lowest BCUT2D eigenvalue weighted by Gasteiger charge is -2.32. The number of amides is 2. The molecular weight excluding hydrogens is 603 g/mol. The topological polar surface area (TPSA) is 90.0 Å². The number of anilines is 1. The van der Waals surface area contributed by atoms with Crippen LogP contribution in [0.3, 0.4) is 0 Å². The van der Waals surface area contributed by atoms with Crippen molar-refractivity contribution in [3.63, 3.8) is 0 Å². The van der Waals surface area contributed by atoms with E-state index >= 15 is 0 Å². The van der Waals surface area contributed by atoms with Crippen molar-refractivity contribution in [2.24, 2.45) is 0 Å². The summed E-state index contributed by atoms with van der Waals surface area (Å²) in [6.45, 7) is 12.1. The van der Waals surface area contributed by atoms with Crippen LogP contribution >= 0.6 is 27.3 Å². The SMILES string of the molecule is COCc1nc(N(CC(NC(=O)OC(C)(C)C)C(C)c2ccc(C(F)(F)F)cc2)C(=O)OC(C)(C)C)sc1Br. The lowest BCUT2D eigenvalue weighted by Crippen LogP contribution is -2.50. The van der Waals surface area contributed by atoms with Crippen molar-refractivity contribution in [2.75, 3.05) is 18.6 Å². The van der Waals surface area contributed by atoms with E-state index in [1.165, 1.54) is 35.5 Å². The summed E-state index contributed by atoms with van der Waals surface area (Å²) in [6, 6.07) is 3.88. The number of alkyl carbamates (subject to hydrolysis) is 1. The number of ether oxygens (including phenoxy) is 3. The van der Waals surface area contributed by atoms with Gasteiger partial charge in [-0.3, -0.25) is 4.90 Å². The Morgan fingerprint density at radius 2 is 1.62 bits per heavy atom. The van der Waals surface area contributed by atoms with E-state index in [1.807, 2.05) is 0 Å². The third-order valence-electron chi connectivity index (χ3n) is 5.21. The lowest BCUT2D eigenvalue weighted by molar-refractivity contribution is -0.137. The van der Waals surface area contributed by atoms with Gasteiger partial charge in [-0.1, -0.05) is 30.4 Å². The van der Waals surface area contributed by atoms with E-state index in [2.05, 4.69) is 26.2 Å². The molecule has 0 aliphatic carbocycles. The van der Waals surface area contributed by atoms with Gasteiger partial charge in [0, 0.05) is 13.0 Å². The summed E-state index contributed by atoms with van der Waals surface area (Å²) >= 11 is 4.62. The van der Waals surface area contributed by atoms with E-state index in [0.717, 1.165) is 12.1 Å². The highest BCUT2D eigenvalue weighted by molar-refractivity contribution is 9.11. The molecule has 0 aliphatic rings. The van der Waals surface area contributed by atoms with Crippen LogP contribution in [0.4, 0.5) is 27.9 Å². The molecule has 1 aromatic heterocycles. The fourth-order valence-corrected chi connectivity index (χ4v) is 4.84. The van der Waals surface area contributed by atoms with Gasteiger partial charge < -0.3 is 19.5 Å². The number of aromatic nitrogens is 1. The first kappa shape index (κ1) is 32.8.